The number of rotatable bonds is 5. The first-order valence-corrected chi connectivity index (χ1v) is 11.1. The third-order valence-corrected chi connectivity index (χ3v) is 6.94. The zero-order valence-electron chi connectivity index (χ0n) is 17.9. The van der Waals surface area contributed by atoms with Gasteiger partial charge in [-0.3, -0.25) is 4.79 Å². The molecule has 4 rings (SSSR count). The van der Waals surface area contributed by atoms with E-state index in [1.165, 1.54) is 24.3 Å². The summed E-state index contributed by atoms with van der Waals surface area (Å²) in [5.74, 6) is -2.10. The predicted molar refractivity (Wildman–Crippen MR) is 125 cm³/mol. The number of aromatic carboxylic acids is 1. The highest BCUT2D eigenvalue weighted by atomic mass is 35.5. The van der Waals surface area contributed by atoms with E-state index in [-0.39, 0.29) is 21.8 Å². The number of carboxylic acid groups (broad SMARTS) is 1. The van der Waals surface area contributed by atoms with Crippen LogP contribution in [0.5, 0.6) is 0 Å². The maximum atomic E-state index is 15.2. The van der Waals surface area contributed by atoms with Crippen LogP contribution >= 0.6 is 23.2 Å². The minimum Gasteiger partial charge on any atom is -0.477 e. The van der Waals surface area contributed by atoms with Crippen molar-refractivity contribution in [2.75, 3.05) is 0 Å². The van der Waals surface area contributed by atoms with Crippen LogP contribution in [-0.4, -0.2) is 15.6 Å². The summed E-state index contributed by atoms with van der Waals surface area (Å²) in [6, 6.07) is 11.2. The molecule has 0 radical (unpaired) electrons. The third-order valence-electron chi connectivity index (χ3n) is 6.21. The van der Waals surface area contributed by atoms with Gasteiger partial charge in [0.25, 0.3) is 0 Å². The van der Waals surface area contributed by atoms with Crippen molar-refractivity contribution in [3.63, 3.8) is 0 Å². The standard InChI is InChI=1S/C25H19Cl2FN2O3/c1-3-30-13(2)20(16-6-5-15(11-19(16)28)25(12-29)8-9-25)23(31)21(24(32)33)22(30)14-4-7-17(26)18(27)10-14/h4-7,10-11H,3,8-9H2,1-2H3,(H,32,33). The summed E-state index contributed by atoms with van der Waals surface area (Å²) < 4.78 is 16.9. The Labute approximate surface area is 199 Å². The van der Waals surface area contributed by atoms with Gasteiger partial charge in [-0.1, -0.05) is 41.4 Å². The summed E-state index contributed by atoms with van der Waals surface area (Å²) >= 11 is 12.2. The third kappa shape index (κ3) is 3.72. The number of carboxylic acids is 1. The van der Waals surface area contributed by atoms with Crippen molar-refractivity contribution in [2.24, 2.45) is 0 Å². The van der Waals surface area contributed by atoms with E-state index >= 15 is 4.39 Å². The number of pyridine rings is 1. The molecule has 0 atom stereocenters. The summed E-state index contributed by atoms with van der Waals surface area (Å²) in [4.78, 5) is 25.7. The van der Waals surface area contributed by atoms with Gasteiger partial charge in [0.15, 0.2) is 0 Å². The highest BCUT2D eigenvalue weighted by molar-refractivity contribution is 6.42. The minimum absolute atomic E-state index is 0.000350. The largest absolute Gasteiger partial charge is 0.477 e. The van der Waals surface area contributed by atoms with Gasteiger partial charge in [-0.25, -0.2) is 9.18 Å². The van der Waals surface area contributed by atoms with Gasteiger partial charge < -0.3 is 9.67 Å². The fraction of sp³-hybridized carbons (Fsp3) is 0.240. The van der Waals surface area contributed by atoms with Gasteiger partial charge in [-0.05, 0) is 50.5 Å². The lowest BCUT2D eigenvalue weighted by atomic mass is 9.92. The smallest absolute Gasteiger partial charge is 0.341 e. The number of carbonyl (C=O) groups is 1. The van der Waals surface area contributed by atoms with Crippen molar-refractivity contribution < 1.29 is 14.3 Å². The molecule has 1 saturated carbocycles. The second kappa shape index (κ2) is 8.33. The van der Waals surface area contributed by atoms with E-state index in [4.69, 9.17) is 23.2 Å². The molecule has 1 aliphatic rings. The average Bonchev–Trinajstić information content (AvgIpc) is 3.57. The van der Waals surface area contributed by atoms with Crippen molar-refractivity contribution in [2.45, 2.75) is 38.6 Å². The van der Waals surface area contributed by atoms with Crippen LogP contribution in [0.1, 0.15) is 41.4 Å². The van der Waals surface area contributed by atoms with Crippen LogP contribution in [0.15, 0.2) is 41.2 Å². The van der Waals surface area contributed by atoms with Crippen molar-refractivity contribution in [1.29, 1.82) is 5.26 Å². The number of nitrogens with zero attached hydrogens (tertiary/aromatic N) is 2. The number of aromatic nitrogens is 1. The monoisotopic (exact) mass is 484 g/mol. The van der Waals surface area contributed by atoms with Gasteiger partial charge in [0.05, 0.1) is 32.8 Å². The molecule has 3 aromatic rings. The number of halogens is 3. The Morgan fingerprint density at radius 2 is 1.91 bits per heavy atom. The number of hydrogen-bond acceptors (Lipinski definition) is 3. The van der Waals surface area contributed by atoms with Crippen LogP contribution in [-0.2, 0) is 12.0 Å². The van der Waals surface area contributed by atoms with E-state index < -0.39 is 28.2 Å². The van der Waals surface area contributed by atoms with E-state index in [0.29, 0.717) is 41.2 Å². The van der Waals surface area contributed by atoms with Crippen LogP contribution in [0.25, 0.3) is 22.4 Å². The van der Waals surface area contributed by atoms with E-state index in [0.717, 1.165) is 0 Å². The first-order chi connectivity index (χ1) is 15.6. The first-order valence-electron chi connectivity index (χ1n) is 10.3. The molecule has 1 fully saturated rings. The highest BCUT2D eigenvalue weighted by Gasteiger charge is 2.45. The summed E-state index contributed by atoms with van der Waals surface area (Å²) in [7, 11) is 0. The lowest BCUT2D eigenvalue weighted by Gasteiger charge is -2.22. The molecule has 0 saturated heterocycles. The second-order valence-electron chi connectivity index (χ2n) is 8.08. The van der Waals surface area contributed by atoms with Gasteiger partial charge in [-0.15, -0.1) is 0 Å². The van der Waals surface area contributed by atoms with Crippen LogP contribution < -0.4 is 5.43 Å². The first kappa shape index (κ1) is 23.0. The molecule has 8 heteroatoms. The van der Waals surface area contributed by atoms with Gasteiger partial charge in [0.2, 0.25) is 5.43 Å². The molecule has 1 N–H and O–H groups in total. The zero-order chi connectivity index (χ0) is 24.1. The molecular weight excluding hydrogens is 466 g/mol. The number of nitriles is 1. The summed E-state index contributed by atoms with van der Waals surface area (Å²) in [6.07, 6.45) is 1.32. The quantitative estimate of drug-likeness (QED) is 0.466. The lowest BCUT2D eigenvalue weighted by Crippen LogP contribution is -2.25. The van der Waals surface area contributed by atoms with Crippen LogP contribution in [0.4, 0.5) is 4.39 Å². The van der Waals surface area contributed by atoms with Crippen LogP contribution in [0.2, 0.25) is 10.0 Å². The van der Waals surface area contributed by atoms with Gasteiger partial charge in [-0.2, -0.15) is 5.26 Å². The molecular formula is C25H19Cl2FN2O3. The summed E-state index contributed by atoms with van der Waals surface area (Å²) in [5.41, 5.74) is -0.406. The number of benzene rings is 2. The molecule has 0 amide bonds. The lowest BCUT2D eigenvalue weighted by molar-refractivity contribution is 0.0695. The topological polar surface area (TPSA) is 83.1 Å². The fourth-order valence-electron chi connectivity index (χ4n) is 4.29. The molecule has 5 nitrogen and oxygen atoms in total. The minimum atomic E-state index is -1.43. The Morgan fingerprint density at radius 1 is 1.21 bits per heavy atom. The Bertz CT molecular complexity index is 1420. The van der Waals surface area contributed by atoms with E-state index in [1.54, 1.807) is 30.5 Å². The second-order valence-corrected chi connectivity index (χ2v) is 8.89. The maximum absolute atomic E-state index is 15.2. The van der Waals surface area contributed by atoms with Crippen molar-refractivity contribution in [3.05, 3.63) is 79.3 Å². The van der Waals surface area contributed by atoms with Crippen LogP contribution in [0, 0.1) is 24.1 Å². The number of hydrogen-bond donors (Lipinski definition) is 1. The van der Waals surface area contributed by atoms with Crippen molar-refractivity contribution in [3.8, 4) is 28.5 Å². The normalized spacial score (nSPS) is 14.1. The Morgan fingerprint density at radius 3 is 2.42 bits per heavy atom. The molecule has 0 aliphatic heterocycles. The fourth-order valence-corrected chi connectivity index (χ4v) is 4.59. The van der Waals surface area contributed by atoms with Gasteiger partial charge in [0.1, 0.15) is 11.4 Å². The molecule has 0 unspecified atom stereocenters. The van der Waals surface area contributed by atoms with E-state index in [9.17, 15) is 20.0 Å². The summed E-state index contributed by atoms with van der Waals surface area (Å²) in [5, 5.41) is 19.9. The van der Waals surface area contributed by atoms with E-state index in [2.05, 4.69) is 6.07 Å². The van der Waals surface area contributed by atoms with Crippen LogP contribution in [0.3, 0.4) is 0 Å². The molecule has 1 aliphatic carbocycles. The molecule has 168 valence electrons. The SMILES string of the molecule is CCn1c(C)c(-c2ccc(C3(C#N)CC3)cc2F)c(=O)c(C(=O)O)c1-c1ccc(Cl)c(Cl)c1. The zero-order valence-corrected chi connectivity index (χ0v) is 19.4. The predicted octanol–water partition coefficient (Wildman–Crippen LogP) is 6.21. The molecule has 1 heterocycles. The van der Waals surface area contributed by atoms with E-state index in [1.807, 2.05) is 0 Å². The summed E-state index contributed by atoms with van der Waals surface area (Å²) in [6.45, 7) is 3.78. The van der Waals surface area contributed by atoms with Crippen molar-refractivity contribution >= 4 is 29.2 Å². The van der Waals surface area contributed by atoms with Gasteiger partial charge >= 0.3 is 5.97 Å². The maximum Gasteiger partial charge on any atom is 0.341 e. The Kier molecular flexibility index (Phi) is 5.81. The average molecular weight is 485 g/mol. The Hall–Kier alpha value is -3.14. The molecule has 2 aromatic carbocycles. The van der Waals surface area contributed by atoms with Crippen molar-refractivity contribution in [1.82, 2.24) is 4.57 Å². The molecule has 0 bridgehead atoms. The van der Waals surface area contributed by atoms with Gasteiger partial charge in [0, 0.05) is 23.4 Å². The Balaban J connectivity index is 2.02. The highest BCUT2D eigenvalue weighted by Crippen LogP contribution is 2.48. The molecule has 1 aromatic heterocycles. The molecule has 0 spiro atoms. The molecule has 33 heavy (non-hydrogen) atoms.